The van der Waals surface area contributed by atoms with Gasteiger partial charge in [-0.15, -0.1) is 0 Å². The average Bonchev–Trinajstić information content (AvgIpc) is 3.16. The van der Waals surface area contributed by atoms with Crippen molar-refractivity contribution in [1.29, 1.82) is 5.41 Å². The molecule has 0 radical (unpaired) electrons. The number of carbonyl (C=O) groups is 9. The van der Waals surface area contributed by atoms with E-state index < -0.39 is 121 Å². The van der Waals surface area contributed by atoms with Crippen LogP contribution in [-0.4, -0.2) is 130 Å². The summed E-state index contributed by atoms with van der Waals surface area (Å²) in [5.41, 5.74) is 16.7. The zero-order chi connectivity index (χ0) is 44.8. The summed E-state index contributed by atoms with van der Waals surface area (Å²) < 4.78 is 0. The molecule has 0 aromatic heterocycles. The maximum atomic E-state index is 13.7. The molecule has 7 amide bonds. The standard InChI is InChI=1S/C36H57N11O12/c1-18(2)28(34(57)45-24(35(58)59)16-20-8-5-4-6-9-20)47-32(55)22(10-7-15-41-36(39)40)43-31(54)23(12-14-27(50)51)44-33(56)25(17-48)46-29(52)19(3)42-30(53)21(37)11-13-26(38)49/h4-6,8-9,18-19,21-25,28,48H,7,10-17,37H2,1-3H3,(H2,38,49)(H,42,53)(H,43,54)(H,44,56)(H,45,57)(H,46,52)(H,47,55)(H,50,51)(H,58,59)(H4,39,40,41)/t19-,21-,22-,23-,24-,25-,28-/m0/s1. The van der Waals surface area contributed by atoms with Gasteiger partial charge in [-0.1, -0.05) is 44.2 Å². The Hall–Kier alpha value is -6.36. The predicted molar refractivity (Wildman–Crippen MR) is 209 cm³/mol. The number of carboxylic acids is 2. The number of amides is 7. The minimum Gasteiger partial charge on any atom is -0.481 e. The van der Waals surface area contributed by atoms with Crippen molar-refractivity contribution in [2.45, 2.75) is 108 Å². The van der Waals surface area contributed by atoms with E-state index in [9.17, 15) is 58.5 Å². The zero-order valence-corrected chi connectivity index (χ0v) is 33.1. The first-order valence-corrected chi connectivity index (χ1v) is 18.7. The molecule has 1 rings (SSSR count). The minimum atomic E-state index is -1.72. The SMILES string of the molecule is CC(C)[C@H](NC(=O)[C@H](CCCNC(=N)N)NC(=O)[C@H](CCC(=O)O)NC(=O)[C@H](CO)NC(=O)[C@H](C)NC(=O)[C@@H](N)CCC(N)=O)C(=O)N[C@@H](Cc1ccccc1)C(=O)O. The number of nitrogens with two attached hydrogens (primary N) is 3. The predicted octanol–water partition coefficient (Wildman–Crippen LogP) is -4.39. The molecule has 7 atom stereocenters. The van der Waals surface area contributed by atoms with Gasteiger partial charge in [0.25, 0.3) is 0 Å². The smallest absolute Gasteiger partial charge is 0.326 e. The molecule has 0 saturated carbocycles. The third-order valence-electron chi connectivity index (χ3n) is 8.65. The van der Waals surface area contributed by atoms with Crippen molar-refractivity contribution in [3.8, 4) is 0 Å². The van der Waals surface area contributed by atoms with Gasteiger partial charge >= 0.3 is 11.9 Å². The van der Waals surface area contributed by atoms with Gasteiger partial charge in [0.2, 0.25) is 41.4 Å². The molecule has 1 aromatic carbocycles. The lowest BCUT2D eigenvalue weighted by Crippen LogP contribution is -2.60. The van der Waals surface area contributed by atoms with Gasteiger partial charge in [-0.3, -0.25) is 43.8 Å². The first-order chi connectivity index (χ1) is 27.7. The maximum absolute atomic E-state index is 13.7. The lowest BCUT2D eigenvalue weighted by Gasteiger charge is -2.28. The number of aliphatic hydroxyl groups excluding tert-OH is 1. The van der Waals surface area contributed by atoms with Gasteiger partial charge in [-0.25, -0.2) is 4.79 Å². The number of aliphatic hydroxyl groups is 1. The van der Waals surface area contributed by atoms with Gasteiger partial charge in [-0.05, 0) is 44.1 Å². The molecule has 23 nitrogen and oxygen atoms in total. The maximum Gasteiger partial charge on any atom is 0.326 e. The van der Waals surface area contributed by atoms with Crippen LogP contribution in [0.1, 0.15) is 64.9 Å². The molecule has 0 spiro atoms. The molecule has 59 heavy (non-hydrogen) atoms. The number of guanidine groups is 1. The molecule has 0 bridgehead atoms. The second-order valence-electron chi connectivity index (χ2n) is 13.9. The molecule has 0 aliphatic carbocycles. The number of hydrogen-bond donors (Lipinski definition) is 14. The van der Waals surface area contributed by atoms with Crippen molar-refractivity contribution < 1.29 is 58.5 Å². The van der Waals surface area contributed by atoms with Crippen LogP contribution in [0.15, 0.2) is 30.3 Å². The molecule has 0 fully saturated rings. The molecule has 1 aromatic rings. The Morgan fingerprint density at radius 2 is 1.20 bits per heavy atom. The highest BCUT2D eigenvalue weighted by atomic mass is 16.4. The second-order valence-corrected chi connectivity index (χ2v) is 13.9. The molecule has 0 heterocycles. The van der Waals surface area contributed by atoms with Gasteiger partial charge in [0.15, 0.2) is 5.96 Å². The van der Waals surface area contributed by atoms with Crippen molar-refractivity contribution in [1.82, 2.24) is 37.2 Å². The number of hydrogen-bond acceptors (Lipinski definition) is 12. The Balaban J connectivity index is 3.22. The van der Waals surface area contributed by atoms with Crippen molar-refractivity contribution in [2.24, 2.45) is 23.1 Å². The van der Waals surface area contributed by atoms with E-state index in [4.69, 9.17) is 22.6 Å². The van der Waals surface area contributed by atoms with E-state index >= 15 is 0 Å². The van der Waals surface area contributed by atoms with E-state index in [1.807, 2.05) is 0 Å². The lowest BCUT2D eigenvalue weighted by atomic mass is 10.00. The van der Waals surface area contributed by atoms with Crippen LogP contribution in [0.3, 0.4) is 0 Å². The lowest BCUT2D eigenvalue weighted by molar-refractivity contribution is -0.142. The fraction of sp³-hybridized carbons (Fsp3) is 0.556. The normalized spacial score (nSPS) is 14.4. The summed E-state index contributed by atoms with van der Waals surface area (Å²) >= 11 is 0. The zero-order valence-electron chi connectivity index (χ0n) is 33.1. The van der Waals surface area contributed by atoms with Crippen LogP contribution >= 0.6 is 0 Å². The van der Waals surface area contributed by atoms with Crippen LogP contribution in [0, 0.1) is 11.3 Å². The van der Waals surface area contributed by atoms with Gasteiger partial charge < -0.3 is 69.7 Å². The number of carbonyl (C=O) groups excluding carboxylic acids is 7. The molecule has 23 heteroatoms. The average molecular weight is 836 g/mol. The van der Waals surface area contributed by atoms with Crippen molar-refractivity contribution in [3.63, 3.8) is 0 Å². The monoisotopic (exact) mass is 835 g/mol. The minimum absolute atomic E-state index is 0.0588. The van der Waals surface area contributed by atoms with Crippen LogP contribution in [0.4, 0.5) is 0 Å². The van der Waals surface area contributed by atoms with Gasteiger partial charge in [0.05, 0.1) is 12.6 Å². The molecule has 0 unspecified atom stereocenters. The summed E-state index contributed by atoms with van der Waals surface area (Å²) in [5.74, 6) is -10.1. The summed E-state index contributed by atoms with van der Waals surface area (Å²) in [6.07, 6.45) is -1.56. The third-order valence-corrected chi connectivity index (χ3v) is 8.65. The van der Waals surface area contributed by atoms with Crippen LogP contribution in [0.5, 0.6) is 0 Å². The van der Waals surface area contributed by atoms with Crippen LogP contribution in [0.2, 0.25) is 0 Å². The van der Waals surface area contributed by atoms with Crippen LogP contribution < -0.4 is 54.4 Å². The summed E-state index contributed by atoms with van der Waals surface area (Å²) in [6.45, 7) is 3.48. The molecular weight excluding hydrogens is 778 g/mol. The molecule has 328 valence electrons. The molecule has 0 aliphatic rings. The third kappa shape index (κ3) is 19.6. The molecule has 0 aliphatic heterocycles. The molecule has 0 saturated heterocycles. The Morgan fingerprint density at radius 1 is 0.661 bits per heavy atom. The number of primary amides is 1. The Labute approximate surface area is 340 Å². The van der Waals surface area contributed by atoms with Crippen molar-refractivity contribution >= 4 is 59.2 Å². The van der Waals surface area contributed by atoms with Crippen molar-refractivity contribution in [3.05, 3.63) is 35.9 Å². The highest BCUT2D eigenvalue weighted by Crippen LogP contribution is 2.09. The summed E-state index contributed by atoms with van der Waals surface area (Å²) in [7, 11) is 0. The molecule has 17 N–H and O–H groups in total. The Kier molecular flexibility index (Phi) is 22.2. The number of aliphatic carboxylic acids is 2. The first-order valence-electron chi connectivity index (χ1n) is 18.7. The second kappa shape index (κ2) is 25.8. The Bertz CT molecular complexity index is 1650. The number of carboxylic acid groups (broad SMARTS) is 2. The van der Waals surface area contributed by atoms with Gasteiger partial charge in [0, 0.05) is 25.8 Å². The van der Waals surface area contributed by atoms with E-state index in [1.165, 1.54) is 6.92 Å². The first kappa shape index (κ1) is 50.7. The number of nitrogens with one attached hydrogen (secondary N) is 8. The topological polar surface area (TPSA) is 400 Å². The van der Waals surface area contributed by atoms with Crippen LogP contribution in [-0.2, 0) is 49.6 Å². The quantitative estimate of drug-likeness (QED) is 0.0226. The van der Waals surface area contributed by atoms with E-state index in [0.717, 1.165) is 0 Å². The fourth-order valence-electron chi connectivity index (χ4n) is 5.29. The van der Waals surface area contributed by atoms with Crippen LogP contribution in [0.25, 0.3) is 0 Å². The Morgan fingerprint density at radius 3 is 1.73 bits per heavy atom. The molecular formula is C36H57N11O12. The number of benzene rings is 1. The summed E-state index contributed by atoms with van der Waals surface area (Å²) in [6, 6.07) is -1.46. The number of rotatable bonds is 27. The highest BCUT2D eigenvalue weighted by Gasteiger charge is 2.34. The van der Waals surface area contributed by atoms with Gasteiger partial charge in [0.1, 0.15) is 36.3 Å². The summed E-state index contributed by atoms with van der Waals surface area (Å²) in [4.78, 5) is 114. The van der Waals surface area contributed by atoms with E-state index in [2.05, 4.69) is 37.2 Å². The highest BCUT2D eigenvalue weighted by molar-refractivity contribution is 5.97. The van der Waals surface area contributed by atoms with Crippen molar-refractivity contribution in [2.75, 3.05) is 13.2 Å². The summed E-state index contributed by atoms with van der Waals surface area (Å²) in [5, 5.41) is 53.2. The largest absolute Gasteiger partial charge is 0.481 e. The van der Waals surface area contributed by atoms with E-state index in [0.29, 0.717) is 5.56 Å². The van der Waals surface area contributed by atoms with Gasteiger partial charge in [-0.2, -0.15) is 0 Å². The van der Waals surface area contributed by atoms with E-state index in [1.54, 1.807) is 44.2 Å². The fourth-order valence-corrected chi connectivity index (χ4v) is 5.29. The van der Waals surface area contributed by atoms with E-state index in [-0.39, 0.29) is 44.6 Å².